The van der Waals surface area contributed by atoms with E-state index in [-0.39, 0.29) is 11.9 Å². The molecule has 2 saturated carbocycles. The van der Waals surface area contributed by atoms with Crippen molar-refractivity contribution in [2.45, 2.75) is 45.1 Å². The highest BCUT2D eigenvalue weighted by molar-refractivity contribution is 6.06. The second kappa shape index (κ2) is 3.32. The van der Waals surface area contributed by atoms with E-state index in [1.807, 2.05) is 6.92 Å². The number of carbonyl (C=O) groups is 1. The largest absolute Gasteiger partial charge is 0.312 e. The highest BCUT2D eigenvalue weighted by Gasteiger charge is 2.44. The molecule has 1 aliphatic heterocycles. The molecule has 3 heteroatoms. The summed E-state index contributed by atoms with van der Waals surface area (Å²) in [6, 6.07) is -0.0980. The van der Waals surface area contributed by atoms with Crippen LogP contribution in [0.15, 0.2) is 4.99 Å². The van der Waals surface area contributed by atoms with Crippen LogP contribution >= 0.6 is 0 Å². The SMILES string of the molecule is CCC1N=C(C2CC3CCC2C3)NC1=O. The third-order valence-corrected chi connectivity index (χ3v) is 4.32. The van der Waals surface area contributed by atoms with Gasteiger partial charge in [0.05, 0.1) is 0 Å². The Hall–Kier alpha value is -0.860. The molecule has 0 aromatic heterocycles. The number of rotatable bonds is 2. The van der Waals surface area contributed by atoms with Crippen molar-refractivity contribution in [1.82, 2.24) is 5.32 Å². The lowest BCUT2D eigenvalue weighted by atomic mass is 9.88. The molecule has 0 spiro atoms. The molecule has 2 bridgehead atoms. The van der Waals surface area contributed by atoms with E-state index in [1.165, 1.54) is 25.7 Å². The first-order valence-electron chi connectivity index (χ1n) is 6.16. The molecule has 82 valence electrons. The van der Waals surface area contributed by atoms with E-state index in [2.05, 4.69) is 10.3 Å². The predicted molar refractivity (Wildman–Crippen MR) is 58.6 cm³/mol. The Morgan fingerprint density at radius 1 is 1.40 bits per heavy atom. The summed E-state index contributed by atoms with van der Waals surface area (Å²) >= 11 is 0. The number of amidine groups is 1. The standard InChI is InChI=1S/C12H18N2O/c1-2-10-12(15)14-11(13-10)9-6-7-3-4-8(9)5-7/h7-10H,2-6H2,1H3,(H,13,14,15). The van der Waals surface area contributed by atoms with Gasteiger partial charge in [-0.05, 0) is 37.5 Å². The number of fused-ring (bicyclic) bond motifs is 2. The first kappa shape index (κ1) is 9.37. The van der Waals surface area contributed by atoms with Crippen molar-refractivity contribution in [3.8, 4) is 0 Å². The average molecular weight is 206 g/mol. The van der Waals surface area contributed by atoms with Crippen LogP contribution in [0.4, 0.5) is 0 Å². The molecular weight excluding hydrogens is 188 g/mol. The molecule has 4 unspecified atom stereocenters. The monoisotopic (exact) mass is 206 g/mol. The minimum Gasteiger partial charge on any atom is -0.312 e. The van der Waals surface area contributed by atoms with E-state index in [1.54, 1.807) is 0 Å². The van der Waals surface area contributed by atoms with Gasteiger partial charge in [-0.3, -0.25) is 9.79 Å². The van der Waals surface area contributed by atoms with Crippen molar-refractivity contribution in [3.63, 3.8) is 0 Å². The Bertz CT molecular complexity index is 324. The zero-order chi connectivity index (χ0) is 10.4. The number of nitrogens with one attached hydrogen (secondary N) is 1. The van der Waals surface area contributed by atoms with Gasteiger partial charge < -0.3 is 5.32 Å². The van der Waals surface area contributed by atoms with Crippen LogP contribution in [0.2, 0.25) is 0 Å². The molecule has 3 rings (SSSR count). The van der Waals surface area contributed by atoms with E-state index in [4.69, 9.17) is 0 Å². The molecule has 3 nitrogen and oxygen atoms in total. The number of aliphatic imine (C=N–C) groups is 1. The van der Waals surface area contributed by atoms with E-state index in [0.717, 1.165) is 24.1 Å². The quantitative estimate of drug-likeness (QED) is 0.734. The second-order valence-corrected chi connectivity index (χ2v) is 5.21. The summed E-state index contributed by atoms with van der Waals surface area (Å²) in [7, 11) is 0. The Morgan fingerprint density at radius 2 is 2.27 bits per heavy atom. The van der Waals surface area contributed by atoms with E-state index < -0.39 is 0 Å². The zero-order valence-electron chi connectivity index (χ0n) is 9.20. The molecule has 0 aromatic rings. The van der Waals surface area contributed by atoms with Crippen molar-refractivity contribution in [1.29, 1.82) is 0 Å². The third kappa shape index (κ3) is 1.40. The van der Waals surface area contributed by atoms with Crippen LogP contribution in [0.3, 0.4) is 0 Å². The summed E-state index contributed by atoms with van der Waals surface area (Å²) in [5.41, 5.74) is 0. The van der Waals surface area contributed by atoms with Crippen molar-refractivity contribution < 1.29 is 4.79 Å². The van der Waals surface area contributed by atoms with Gasteiger partial charge in [-0.1, -0.05) is 13.3 Å². The van der Waals surface area contributed by atoms with Gasteiger partial charge in [0.2, 0.25) is 5.91 Å². The van der Waals surface area contributed by atoms with Gasteiger partial charge in [0.1, 0.15) is 11.9 Å². The number of hydrogen-bond acceptors (Lipinski definition) is 2. The molecule has 3 aliphatic rings. The van der Waals surface area contributed by atoms with Gasteiger partial charge >= 0.3 is 0 Å². The molecule has 0 saturated heterocycles. The molecule has 4 atom stereocenters. The average Bonchev–Trinajstić information content (AvgIpc) is 2.90. The number of nitrogens with zero attached hydrogens (tertiary/aromatic N) is 1. The number of hydrogen-bond donors (Lipinski definition) is 1. The zero-order valence-corrected chi connectivity index (χ0v) is 9.20. The molecule has 2 fully saturated rings. The lowest BCUT2D eigenvalue weighted by Gasteiger charge is -2.21. The van der Waals surface area contributed by atoms with E-state index in [9.17, 15) is 4.79 Å². The Balaban J connectivity index is 1.76. The highest BCUT2D eigenvalue weighted by Crippen LogP contribution is 2.48. The van der Waals surface area contributed by atoms with Crippen molar-refractivity contribution in [2.75, 3.05) is 0 Å². The summed E-state index contributed by atoms with van der Waals surface area (Å²) in [6.45, 7) is 2.03. The Morgan fingerprint density at radius 3 is 2.80 bits per heavy atom. The molecule has 2 aliphatic carbocycles. The maximum Gasteiger partial charge on any atom is 0.250 e. The molecule has 1 N–H and O–H groups in total. The molecule has 0 radical (unpaired) electrons. The topological polar surface area (TPSA) is 41.5 Å². The predicted octanol–water partition coefficient (Wildman–Crippen LogP) is 1.73. The van der Waals surface area contributed by atoms with E-state index in [0.29, 0.717) is 5.92 Å². The summed E-state index contributed by atoms with van der Waals surface area (Å²) in [5, 5.41) is 2.99. The van der Waals surface area contributed by atoms with Crippen LogP contribution in [0.5, 0.6) is 0 Å². The van der Waals surface area contributed by atoms with Crippen LogP contribution in [0.25, 0.3) is 0 Å². The number of amides is 1. The summed E-state index contributed by atoms with van der Waals surface area (Å²) in [6.07, 6.45) is 6.22. The molecular formula is C12H18N2O. The van der Waals surface area contributed by atoms with Crippen LogP contribution in [-0.2, 0) is 4.79 Å². The van der Waals surface area contributed by atoms with Crippen molar-refractivity contribution >= 4 is 11.7 Å². The molecule has 1 heterocycles. The lowest BCUT2D eigenvalue weighted by molar-refractivity contribution is -0.120. The fourth-order valence-corrected chi connectivity index (χ4v) is 3.51. The van der Waals surface area contributed by atoms with Crippen LogP contribution in [0.1, 0.15) is 39.0 Å². The Kier molecular flexibility index (Phi) is 2.08. The van der Waals surface area contributed by atoms with Crippen LogP contribution in [0, 0.1) is 17.8 Å². The van der Waals surface area contributed by atoms with Gasteiger partial charge in [0.25, 0.3) is 0 Å². The summed E-state index contributed by atoms with van der Waals surface area (Å²) < 4.78 is 0. The van der Waals surface area contributed by atoms with Crippen LogP contribution < -0.4 is 5.32 Å². The first-order valence-corrected chi connectivity index (χ1v) is 6.16. The lowest BCUT2D eigenvalue weighted by Crippen LogP contribution is -2.34. The van der Waals surface area contributed by atoms with Gasteiger partial charge in [-0.15, -0.1) is 0 Å². The van der Waals surface area contributed by atoms with Gasteiger partial charge in [-0.2, -0.15) is 0 Å². The molecule has 1 amide bonds. The summed E-state index contributed by atoms with van der Waals surface area (Å²) in [5.74, 6) is 3.43. The van der Waals surface area contributed by atoms with Gasteiger partial charge in [-0.25, -0.2) is 0 Å². The van der Waals surface area contributed by atoms with Gasteiger partial charge in [0, 0.05) is 5.92 Å². The first-order chi connectivity index (χ1) is 7.28. The highest BCUT2D eigenvalue weighted by atomic mass is 16.2. The third-order valence-electron chi connectivity index (χ3n) is 4.32. The Labute approximate surface area is 90.3 Å². The van der Waals surface area contributed by atoms with Crippen molar-refractivity contribution in [2.24, 2.45) is 22.7 Å². The molecule has 0 aromatic carbocycles. The molecule has 15 heavy (non-hydrogen) atoms. The van der Waals surface area contributed by atoms with Gasteiger partial charge in [0.15, 0.2) is 0 Å². The second-order valence-electron chi connectivity index (χ2n) is 5.21. The van der Waals surface area contributed by atoms with Crippen LogP contribution in [-0.4, -0.2) is 17.8 Å². The minimum atomic E-state index is -0.0980. The fourth-order valence-electron chi connectivity index (χ4n) is 3.51. The van der Waals surface area contributed by atoms with Crippen molar-refractivity contribution in [3.05, 3.63) is 0 Å². The van der Waals surface area contributed by atoms with E-state index >= 15 is 0 Å². The minimum absolute atomic E-state index is 0.0980. The number of carbonyl (C=O) groups excluding carboxylic acids is 1. The summed E-state index contributed by atoms with van der Waals surface area (Å²) in [4.78, 5) is 16.1. The normalized spacial score (nSPS) is 43.3. The smallest absolute Gasteiger partial charge is 0.250 e. The maximum absolute atomic E-state index is 11.6. The maximum atomic E-state index is 11.6. The fraction of sp³-hybridized carbons (Fsp3) is 0.833.